The van der Waals surface area contributed by atoms with Crippen molar-refractivity contribution in [2.45, 2.75) is 46.6 Å². The Morgan fingerprint density at radius 2 is 1.81 bits per heavy atom. The summed E-state index contributed by atoms with van der Waals surface area (Å²) >= 11 is 0. The highest BCUT2D eigenvalue weighted by molar-refractivity contribution is 5.51. The minimum atomic E-state index is 0.531. The Kier molecular flexibility index (Phi) is 5.43. The normalized spacial score (nSPS) is 11.6. The number of imidazole rings is 1. The predicted octanol–water partition coefficient (Wildman–Crippen LogP) is 4.75. The molecule has 1 aromatic carbocycles. The van der Waals surface area contributed by atoms with Crippen LogP contribution in [0, 0.1) is 11.8 Å². The Bertz CT molecular complexity index is 519. The summed E-state index contributed by atoms with van der Waals surface area (Å²) in [5.41, 5.74) is 2.33. The molecule has 1 heterocycles. The van der Waals surface area contributed by atoms with Gasteiger partial charge in [-0.25, -0.2) is 4.98 Å². The number of nitrogens with zero attached hydrogens (tertiary/aromatic N) is 2. The van der Waals surface area contributed by atoms with Crippen molar-refractivity contribution in [2.24, 2.45) is 11.8 Å². The Labute approximate surface area is 128 Å². The summed E-state index contributed by atoms with van der Waals surface area (Å²) in [5, 5.41) is 3.71. The summed E-state index contributed by atoms with van der Waals surface area (Å²) in [7, 11) is 0. The first kappa shape index (κ1) is 15.6. The van der Waals surface area contributed by atoms with Gasteiger partial charge < -0.3 is 9.88 Å². The summed E-state index contributed by atoms with van der Waals surface area (Å²) in [6.07, 6.45) is 8.01. The average Bonchev–Trinajstić information content (AvgIpc) is 2.91. The van der Waals surface area contributed by atoms with Crippen molar-refractivity contribution in [3.63, 3.8) is 0 Å². The van der Waals surface area contributed by atoms with E-state index in [2.05, 4.69) is 62.3 Å². The van der Waals surface area contributed by atoms with E-state index in [-0.39, 0.29) is 0 Å². The average molecular weight is 285 g/mol. The topological polar surface area (TPSA) is 29.9 Å². The molecule has 0 unspecified atom stereocenters. The maximum absolute atomic E-state index is 4.11. The van der Waals surface area contributed by atoms with Gasteiger partial charge in [-0.05, 0) is 42.9 Å². The van der Waals surface area contributed by atoms with Crippen LogP contribution in [-0.2, 0) is 0 Å². The third-order valence-corrected chi connectivity index (χ3v) is 3.53. The maximum atomic E-state index is 4.11. The number of nitrogens with one attached hydrogen (secondary N) is 1. The number of hydrogen-bond donors (Lipinski definition) is 1. The molecule has 0 spiro atoms. The lowest BCUT2D eigenvalue weighted by Crippen LogP contribution is -2.23. The van der Waals surface area contributed by atoms with Crippen molar-refractivity contribution < 1.29 is 0 Å². The number of hydrogen-bond acceptors (Lipinski definition) is 2. The third kappa shape index (κ3) is 4.92. The molecule has 114 valence electrons. The van der Waals surface area contributed by atoms with Crippen LogP contribution in [0.4, 0.5) is 5.69 Å². The summed E-state index contributed by atoms with van der Waals surface area (Å²) in [6.45, 7) is 9.15. The fraction of sp³-hybridized carbons (Fsp3) is 0.500. The van der Waals surface area contributed by atoms with Gasteiger partial charge in [0.2, 0.25) is 0 Å². The lowest BCUT2D eigenvalue weighted by molar-refractivity contribution is 0.442. The minimum Gasteiger partial charge on any atom is -0.382 e. The zero-order valence-corrected chi connectivity index (χ0v) is 13.6. The first-order valence-electron chi connectivity index (χ1n) is 7.89. The van der Waals surface area contributed by atoms with Crippen LogP contribution < -0.4 is 5.32 Å². The number of anilines is 1. The molecule has 2 rings (SSSR count). The smallest absolute Gasteiger partial charge is 0.0991 e. The second-order valence-corrected chi connectivity index (χ2v) is 6.62. The lowest BCUT2D eigenvalue weighted by atomic mass is 9.95. The van der Waals surface area contributed by atoms with Crippen LogP contribution in [-0.4, -0.2) is 15.6 Å². The summed E-state index contributed by atoms with van der Waals surface area (Å²) < 4.78 is 2.03. The zero-order valence-electron chi connectivity index (χ0n) is 13.6. The zero-order chi connectivity index (χ0) is 15.2. The molecule has 0 bridgehead atoms. The molecule has 3 heteroatoms. The molecule has 0 saturated heterocycles. The maximum Gasteiger partial charge on any atom is 0.0991 e. The predicted molar refractivity (Wildman–Crippen MR) is 89.9 cm³/mol. The molecule has 0 saturated carbocycles. The Morgan fingerprint density at radius 3 is 2.38 bits per heavy atom. The molecule has 0 atom stereocenters. The number of rotatable bonds is 7. The van der Waals surface area contributed by atoms with Gasteiger partial charge in [0.05, 0.1) is 6.33 Å². The van der Waals surface area contributed by atoms with E-state index in [1.54, 1.807) is 6.20 Å². The van der Waals surface area contributed by atoms with Crippen LogP contribution >= 0.6 is 0 Å². The van der Waals surface area contributed by atoms with E-state index in [1.807, 2.05) is 17.1 Å². The van der Waals surface area contributed by atoms with Crippen LogP contribution in [0.15, 0.2) is 43.0 Å². The van der Waals surface area contributed by atoms with E-state index in [4.69, 9.17) is 0 Å². The van der Waals surface area contributed by atoms with Crippen LogP contribution in [0.3, 0.4) is 0 Å². The quantitative estimate of drug-likeness (QED) is 0.796. The van der Waals surface area contributed by atoms with Crippen molar-refractivity contribution in [2.75, 3.05) is 5.32 Å². The van der Waals surface area contributed by atoms with Gasteiger partial charge in [0.15, 0.2) is 0 Å². The van der Waals surface area contributed by atoms with E-state index >= 15 is 0 Å². The Hall–Kier alpha value is -1.77. The molecule has 0 aliphatic rings. The third-order valence-electron chi connectivity index (χ3n) is 3.53. The molecule has 3 nitrogen and oxygen atoms in total. The van der Waals surface area contributed by atoms with Gasteiger partial charge in [0.1, 0.15) is 0 Å². The van der Waals surface area contributed by atoms with Crippen LogP contribution in [0.25, 0.3) is 5.69 Å². The van der Waals surface area contributed by atoms with E-state index in [1.165, 1.54) is 18.5 Å². The standard InChI is InChI=1S/C18H27N3/c1-14(2)10-17(11-15(3)4)20-16-6-5-7-18(12-16)21-9-8-19-13-21/h5-9,12-15,17,20H,10-11H2,1-4H3. The van der Waals surface area contributed by atoms with Gasteiger partial charge >= 0.3 is 0 Å². The fourth-order valence-electron chi connectivity index (χ4n) is 2.76. The molecule has 1 aromatic heterocycles. The summed E-state index contributed by atoms with van der Waals surface area (Å²) in [4.78, 5) is 4.11. The number of aromatic nitrogens is 2. The van der Waals surface area contributed by atoms with Crippen molar-refractivity contribution in [1.29, 1.82) is 0 Å². The second-order valence-electron chi connectivity index (χ2n) is 6.62. The molecule has 21 heavy (non-hydrogen) atoms. The Balaban J connectivity index is 2.11. The number of benzene rings is 1. The molecule has 0 aliphatic carbocycles. The molecule has 2 aromatic rings. The highest BCUT2D eigenvalue weighted by Crippen LogP contribution is 2.21. The van der Waals surface area contributed by atoms with E-state index in [9.17, 15) is 0 Å². The second kappa shape index (κ2) is 7.30. The molecular weight excluding hydrogens is 258 g/mol. The largest absolute Gasteiger partial charge is 0.382 e. The molecule has 1 N–H and O–H groups in total. The van der Waals surface area contributed by atoms with Crippen LogP contribution in [0.1, 0.15) is 40.5 Å². The van der Waals surface area contributed by atoms with Crippen molar-refractivity contribution in [3.8, 4) is 5.69 Å². The minimum absolute atomic E-state index is 0.531. The van der Waals surface area contributed by atoms with Gasteiger partial charge in [0.25, 0.3) is 0 Å². The van der Waals surface area contributed by atoms with Crippen LogP contribution in [0.5, 0.6) is 0 Å². The van der Waals surface area contributed by atoms with Gasteiger partial charge in [-0.2, -0.15) is 0 Å². The fourth-order valence-corrected chi connectivity index (χ4v) is 2.76. The first-order valence-corrected chi connectivity index (χ1v) is 7.89. The highest BCUT2D eigenvalue weighted by atomic mass is 15.0. The summed E-state index contributed by atoms with van der Waals surface area (Å²) in [5.74, 6) is 1.41. The SMILES string of the molecule is CC(C)CC(CC(C)C)Nc1cccc(-n2ccnc2)c1. The van der Waals surface area contributed by atoms with Gasteiger partial charge in [0, 0.05) is 29.8 Å². The molecule has 0 amide bonds. The Morgan fingerprint density at radius 1 is 1.10 bits per heavy atom. The molecular formula is C18H27N3. The van der Waals surface area contributed by atoms with Gasteiger partial charge in [-0.3, -0.25) is 0 Å². The van der Waals surface area contributed by atoms with Crippen LogP contribution in [0.2, 0.25) is 0 Å². The first-order chi connectivity index (χ1) is 10.0. The molecule has 0 aliphatic heterocycles. The highest BCUT2D eigenvalue weighted by Gasteiger charge is 2.13. The van der Waals surface area contributed by atoms with Crippen molar-refractivity contribution >= 4 is 5.69 Å². The van der Waals surface area contributed by atoms with Gasteiger partial charge in [-0.1, -0.05) is 33.8 Å². The van der Waals surface area contributed by atoms with E-state index < -0.39 is 0 Å². The summed E-state index contributed by atoms with van der Waals surface area (Å²) in [6, 6.07) is 9.07. The van der Waals surface area contributed by atoms with Crippen molar-refractivity contribution in [1.82, 2.24) is 9.55 Å². The van der Waals surface area contributed by atoms with Gasteiger partial charge in [-0.15, -0.1) is 0 Å². The van der Waals surface area contributed by atoms with E-state index in [0.717, 1.165) is 5.69 Å². The molecule has 0 radical (unpaired) electrons. The van der Waals surface area contributed by atoms with Crippen molar-refractivity contribution in [3.05, 3.63) is 43.0 Å². The lowest BCUT2D eigenvalue weighted by Gasteiger charge is -2.24. The van der Waals surface area contributed by atoms with E-state index in [0.29, 0.717) is 17.9 Å². The molecule has 0 fully saturated rings. The monoisotopic (exact) mass is 285 g/mol.